The van der Waals surface area contributed by atoms with E-state index >= 15 is 0 Å². The lowest BCUT2D eigenvalue weighted by molar-refractivity contribution is -0.128. The molecule has 1 aromatic rings. The number of hydrogen-bond acceptors (Lipinski definition) is 6. The van der Waals surface area contributed by atoms with Crippen LogP contribution in [-0.4, -0.2) is 60.3 Å². The van der Waals surface area contributed by atoms with Gasteiger partial charge in [0.25, 0.3) is 0 Å². The van der Waals surface area contributed by atoms with E-state index in [1.54, 1.807) is 6.20 Å². The second-order valence-electron chi connectivity index (χ2n) is 6.65. The van der Waals surface area contributed by atoms with Crippen LogP contribution in [0.2, 0.25) is 0 Å². The van der Waals surface area contributed by atoms with E-state index in [4.69, 9.17) is 0 Å². The molecular formula is C17H26N6O2. The number of aromatic nitrogens is 2. The average molecular weight is 346 g/mol. The molecule has 25 heavy (non-hydrogen) atoms. The lowest BCUT2D eigenvalue weighted by atomic mass is 10.1. The van der Waals surface area contributed by atoms with Gasteiger partial charge in [0, 0.05) is 31.9 Å². The predicted octanol–water partition coefficient (Wildman–Crippen LogP) is -0.180. The van der Waals surface area contributed by atoms with E-state index in [9.17, 15) is 9.59 Å². The van der Waals surface area contributed by atoms with Crippen molar-refractivity contribution in [3.05, 3.63) is 18.3 Å². The summed E-state index contributed by atoms with van der Waals surface area (Å²) in [6, 6.07) is 3.65. The SMILES string of the molecule is O=C(CNC1CCCN(c2cccnn2)C1)NC1CCCCNC1=O. The number of anilines is 1. The molecule has 3 rings (SSSR count). The van der Waals surface area contributed by atoms with Crippen molar-refractivity contribution in [3.63, 3.8) is 0 Å². The van der Waals surface area contributed by atoms with Gasteiger partial charge < -0.3 is 20.9 Å². The summed E-state index contributed by atoms with van der Waals surface area (Å²) < 4.78 is 0. The van der Waals surface area contributed by atoms with Gasteiger partial charge in [0.1, 0.15) is 6.04 Å². The number of carbonyl (C=O) groups is 2. The Labute approximate surface area is 147 Å². The molecule has 2 aliphatic heterocycles. The molecule has 0 aliphatic carbocycles. The fraction of sp³-hybridized carbons (Fsp3) is 0.647. The lowest BCUT2D eigenvalue weighted by Crippen LogP contribution is -2.51. The predicted molar refractivity (Wildman–Crippen MR) is 94.1 cm³/mol. The monoisotopic (exact) mass is 346 g/mol. The maximum Gasteiger partial charge on any atom is 0.242 e. The van der Waals surface area contributed by atoms with Gasteiger partial charge in [0.15, 0.2) is 5.82 Å². The Balaban J connectivity index is 1.44. The Hall–Kier alpha value is -2.22. The first-order chi connectivity index (χ1) is 12.2. The third-order valence-electron chi connectivity index (χ3n) is 4.73. The zero-order valence-corrected chi connectivity index (χ0v) is 14.4. The molecule has 2 amide bonds. The van der Waals surface area contributed by atoms with Crippen LogP contribution >= 0.6 is 0 Å². The summed E-state index contributed by atoms with van der Waals surface area (Å²) in [5.41, 5.74) is 0. The van der Waals surface area contributed by atoms with Gasteiger partial charge in [-0.05, 0) is 44.2 Å². The van der Waals surface area contributed by atoms with Crippen LogP contribution in [0.1, 0.15) is 32.1 Å². The number of piperidine rings is 1. The summed E-state index contributed by atoms with van der Waals surface area (Å²) in [5, 5.41) is 17.1. The molecule has 2 unspecified atom stereocenters. The van der Waals surface area contributed by atoms with Crippen molar-refractivity contribution in [2.24, 2.45) is 0 Å². The van der Waals surface area contributed by atoms with Crippen LogP contribution in [0.4, 0.5) is 5.82 Å². The molecule has 136 valence electrons. The fourth-order valence-corrected chi connectivity index (χ4v) is 3.37. The van der Waals surface area contributed by atoms with Gasteiger partial charge in [-0.1, -0.05) is 0 Å². The number of carbonyl (C=O) groups excluding carboxylic acids is 2. The molecule has 3 heterocycles. The van der Waals surface area contributed by atoms with Crippen molar-refractivity contribution in [2.75, 3.05) is 31.1 Å². The van der Waals surface area contributed by atoms with Crippen molar-refractivity contribution < 1.29 is 9.59 Å². The summed E-state index contributed by atoms with van der Waals surface area (Å²) in [5.74, 6) is 0.671. The van der Waals surface area contributed by atoms with E-state index in [1.165, 1.54) is 0 Å². The Kier molecular flexibility index (Phi) is 6.16. The van der Waals surface area contributed by atoms with Crippen LogP contribution < -0.4 is 20.9 Å². The van der Waals surface area contributed by atoms with Gasteiger partial charge >= 0.3 is 0 Å². The Bertz CT molecular complexity index is 582. The largest absolute Gasteiger partial charge is 0.354 e. The highest BCUT2D eigenvalue weighted by Gasteiger charge is 2.24. The Morgan fingerprint density at radius 3 is 3.08 bits per heavy atom. The third-order valence-corrected chi connectivity index (χ3v) is 4.73. The highest BCUT2D eigenvalue weighted by molar-refractivity contribution is 5.88. The van der Waals surface area contributed by atoms with Crippen molar-refractivity contribution in [3.8, 4) is 0 Å². The number of amides is 2. The molecule has 2 aliphatic rings. The topological polar surface area (TPSA) is 99.2 Å². The second kappa shape index (κ2) is 8.75. The van der Waals surface area contributed by atoms with Crippen molar-refractivity contribution in [1.82, 2.24) is 26.1 Å². The number of nitrogens with one attached hydrogen (secondary N) is 3. The number of nitrogens with zero attached hydrogens (tertiary/aromatic N) is 3. The number of hydrogen-bond donors (Lipinski definition) is 3. The lowest BCUT2D eigenvalue weighted by Gasteiger charge is -2.33. The van der Waals surface area contributed by atoms with Gasteiger partial charge in [-0.2, -0.15) is 5.10 Å². The first-order valence-electron chi connectivity index (χ1n) is 9.05. The van der Waals surface area contributed by atoms with Gasteiger partial charge in [0.2, 0.25) is 11.8 Å². The molecule has 3 N–H and O–H groups in total. The molecular weight excluding hydrogens is 320 g/mol. The highest BCUT2D eigenvalue weighted by atomic mass is 16.2. The number of rotatable bonds is 5. The van der Waals surface area contributed by atoms with Crippen molar-refractivity contribution >= 4 is 17.6 Å². The zero-order valence-electron chi connectivity index (χ0n) is 14.4. The zero-order chi connectivity index (χ0) is 17.5. The quantitative estimate of drug-likeness (QED) is 0.684. The molecule has 0 bridgehead atoms. The minimum atomic E-state index is -0.403. The van der Waals surface area contributed by atoms with Crippen LogP contribution in [0.15, 0.2) is 18.3 Å². The normalized spacial score (nSPS) is 24.3. The molecule has 0 radical (unpaired) electrons. The molecule has 8 nitrogen and oxygen atoms in total. The third kappa shape index (κ3) is 5.12. The molecule has 0 spiro atoms. The van der Waals surface area contributed by atoms with E-state index in [1.807, 2.05) is 12.1 Å². The maximum atomic E-state index is 12.2. The second-order valence-corrected chi connectivity index (χ2v) is 6.65. The molecule has 0 aromatic carbocycles. The fourth-order valence-electron chi connectivity index (χ4n) is 3.37. The summed E-state index contributed by atoms with van der Waals surface area (Å²) in [6.45, 7) is 2.67. The van der Waals surface area contributed by atoms with Gasteiger partial charge in [-0.15, -0.1) is 5.10 Å². The van der Waals surface area contributed by atoms with E-state index < -0.39 is 6.04 Å². The van der Waals surface area contributed by atoms with Crippen molar-refractivity contribution in [2.45, 2.75) is 44.2 Å². The summed E-state index contributed by atoms with van der Waals surface area (Å²) in [7, 11) is 0. The first kappa shape index (κ1) is 17.6. The standard InChI is InChI=1S/C17H26N6O2/c24-16(21-14-6-1-2-8-18-17(14)25)11-19-13-5-4-10-23(12-13)15-7-3-9-20-22-15/h3,7,9,13-14,19H,1-2,4-6,8,10-12H2,(H,18,25)(H,21,24). The average Bonchev–Trinajstić information content (AvgIpc) is 2.85. The smallest absolute Gasteiger partial charge is 0.242 e. The first-order valence-corrected chi connectivity index (χ1v) is 9.05. The van der Waals surface area contributed by atoms with Gasteiger partial charge in [-0.3, -0.25) is 9.59 Å². The molecule has 2 fully saturated rings. The van der Waals surface area contributed by atoms with Crippen LogP contribution in [0.5, 0.6) is 0 Å². The van der Waals surface area contributed by atoms with Crippen molar-refractivity contribution in [1.29, 1.82) is 0 Å². The van der Waals surface area contributed by atoms with E-state index in [0.717, 1.165) is 44.6 Å². The van der Waals surface area contributed by atoms with Gasteiger partial charge in [0.05, 0.1) is 6.54 Å². The van der Waals surface area contributed by atoms with Crippen LogP contribution in [0, 0.1) is 0 Å². The molecule has 1 aromatic heterocycles. The molecule has 8 heteroatoms. The van der Waals surface area contributed by atoms with Gasteiger partial charge in [-0.25, -0.2) is 0 Å². The maximum absolute atomic E-state index is 12.2. The van der Waals surface area contributed by atoms with Crippen LogP contribution in [0.3, 0.4) is 0 Å². The minimum absolute atomic E-state index is 0.0719. The molecule has 2 saturated heterocycles. The summed E-state index contributed by atoms with van der Waals surface area (Å²) in [4.78, 5) is 26.2. The summed E-state index contributed by atoms with van der Waals surface area (Å²) >= 11 is 0. The van der Waals surface area contributed by atoms with E-state index in [0.29, 0.717) is 13.0 Å². The molecule has 0 saturated carbocycles. The highest BCUT2D eigenvalue weighted by Crippen LogP contribution is 2.16. The van der Waals surface area contributed by atoms with Crippen LogP contribution in [-0.2, 0) is 9.59 Å². The Morgan fingerprint density at radius 2 is 2.24 bits per heavy atom. The minimum Gasteiger partial charge on any atom is -0.354 e. The summed E-state index contributed by atoms with van der Waals surface area (Å²) in [6.07, 6.45) is 6.36. The van der Waals surface area contributed by atoms with Crippen LogP contribution in [0.25, 0.3) is 0 Å². The molecule has 2 atom stereocenters. The van der Waals surface area contributed by atoms with E-state index in [2.05, 4.69) is 31.0 Å². The Morgan fingerprint density at radius 1 is 1.32 bits per heavy atom. The van der Waals surface area contributed by atoms with E-state index in [-0.39, 0.29) is 24.4 Å².